The number of furan rings is 1. The summed E-state index contributed by atoms with van der Waals surface area (Å²) < 4.78 is 11.7. The maximum atomic E-state index is 5.53. The Morgan fingerprint density at radius 1 is 1.67 bits per heavy atom. The highest BCUT2D eigenvalue weighted by Gasteiger charge is 2.25. The number of nitrogens with two attached hydrogens (primary N) is 1. The van der Waals surface area contributed by atoms with Crippen molar-refractivity contribution in [1.82, 2.24) is 5.43 Å². The van der Waals surface area contributed by atoms with Gasteiger partial charge in [0.15, 0.2) is 0 Å². The summed E-state index contributed by atoms with van der Waals surface area (Å²) in [6.45, 7) is 2.11. The first-order chi connectivity index (χ1) is 7.24. The van der Waals surface area contributed by atoms with E-state index in [-0.39, 0.29) is 12.1 Å². The lowest BCUT2D eigenvalue weighted by Crippen LogP contribution is -2.37. The monoisotopic (exact) mass is 276 g/mol. The van der Waals surface area contributed by atoms with Gasteiger partial charge in [0, 0.05) is 7.11 Å². The Morgan fingerprint density at radius 2 is 2.40 bits per heavy atom. The molecule has 2 atom stereocenters. The van der Waals surface area contributed by atoms with Gasteiger partial charge in [0.25, 0.3) is 0 Å². The number of hydrogen-bond donors (Lipinski definition) is 2. The van der Waals surface area contributed by atoms with Crippen LogP contribution in [0.2, 0.25) is 0 Å². The average molecular weight is 277 g/mol. The van der Waals surface area contributed by atoms with E-state index in [1.165, 1.54) is 0 Å². The van der Waals surface area contributed by atoms with Crippen LogP contribution in [0.4, 0.5) is 0 Å². The van der Waals surface area contributed by atoms with Crippen LogP contribution in [0.3, 0.4) is 0 Å². The molecule has 4 nitrogen and oxygen atoms in total. The molecule has 1 aromatic rings. The van der Waals surface area contributed by atoms with Crippen molar-refractivity contribution in [3.8, 4) is 0 Å². The molecule has 5 heteroatoms. The number of methoxy groups -OCH3 is 1. The Morgan fingerprint density at radius 3 is 2.80 bits per heavy atom. The fourth-order valence-corrected chi connectivity index (χ4v) is 2.03. The minimum absolute atomic E-state index is 0.0162. The van der Waals surface area contributed by atoms with Gasteiger partial charge in [0.05, 0.1) is 16.8 Å². The van der Waals surface area contributed by atoms with E-state index in [2.05, 4.69) is 28.3 Å². The molecule has 0 aromatic carbocycles. The summed E-state index contributed by atoms with van der Waals surface area (Å²) >= 11 is 3.41. The molecule has 15 heavy (non-hydrogen) atoms. The van der Waals surface area contributed by atoms with Gasteiger partial charge in [-0.1, -0.05) is 13.3 Å². The first-order valence-corrected chi connectivity index (χ1v) is 5.75. The van der Waals surface area contributed by atoms with Crippen LogP contribution >= 0.6 is 15.9 Å². The van der Waals surface area contributed by atoms with Gasteiger partial charge in [0.1, 0.15) is 11.8 Å². The van der Waals surface area contributed by atoms with Crippen molar-refractivity contribution < 1.29 is 9.15 Å². The molecule has 1 rings (SSSR count). The molecular weight excluding hydrogens is 260 g/mol. The third-order valence-electron chi connectivity index (χ3n) is 2.35. The second-order valence-electron chi connectivity index (χ2n) is 3.34. The molecule has 0 saturated carbocycles. The molecule has 3 N–H and O–H groups in total. The van der Waals surface area contributed by atoms with E-state index in [0.717, 1.165) is 23.1 Å². The number of rotatable bonds is 6. The minimum Gasteiger partial charge on any atom is -0.466 e. The zero-order valence-electron chi connectivity index (χ0n) is 9.00. The van der Waals surface area contributed by atoms with Crippen LogP contribution in [0.25, 0.3) is 0 Å². The smallest absolute Gasteiger partial charge is 0.138 e. The zero-order valence-corrected chi connectivity index (χ0v) is 10.6. The van der Waals surface area contributed by atoms with Crippen molar-refractivity contribution in [2.45, 2.75) is 31.9 Å². The Bertz CT molecular complexity index is 291. The molecule has 2 unspecified atom stereocenters. The van der Waals surface area contributed by atoms with E-state index in [1.807, 2.05) is 6.07 Å². The standard InChI is InChI=1S/C10H17BrN2O2/c1-3-4-8(14-2)9(13-12)10-7(11)5-6-15-10/h5-6,8-9,13H,3-4,12H2,1-2H3. The summed E-state index contributed by atoms with van der Waals surface area (Å²) in [6, 6.07) is 1.72. The van der Waals surface area contributed by atoms with E-state index >= 15 is 0 Å². The molecule has 0 saturated heterocycles. The molecule has 0 aliphatic carbocycles. The van der Waals surface area contributed by atoms with Gasteiger partial charge in [-0.2, -0.15) is 0 Å². The minimum atomic E-state index is -0.126. The molecule has 0 amide bonds. The zero-order chi connectivity index (χ0) is 11.3. The van der Waals surface area contributed by atoms with E-state index in [4.69, 9.17) is 15.0 Å². The molecule has 0 aliphatic rings. The van der Waals surface area contributed by atoms with Crippen molar-refractivity contribution >= 4 is 15.9 Å². The van der Waals surface area contributed by atoms with Crippen molar-refractivity contribution in [3.05, 3.63) is 22.6 Å². The van der Waals surface area contributed by atoms with E-state index in [0.29, 0.717) is 0 Å². The quantitative estimate of drug-likeness (QED) is 0.619. The SMILES string of the molecule is CCCC(OC)C(NN)c1occc1Br. The molecule has 86 valence electrons. The van der Waals surface area contributed by atoms with Crippen molar-refractivity contribution in [2.24, 2.45) is 5.84 Å². The molecule has 0 bridgehead atoms. The molecule has 0 radical (unpaired) electrons. The van der Waals surface area contributed by atoms with Gasteiger partial charge in [-0.3, -0.25) is 5.84 Å². The highest BCUT2D eigenvalue weighted by Crippen LogP contribution is 2.28. The van der Waals surface area contributed by atoms with Crippen molar-refractivity contribution in [2.75, 3.05) is 7.11 Å². The van der Waals surface area contributed by atoms with Crippen LogP contribution in [0, 0.1) is 0 Å². The Kier molecular flexibility index (Phi) is 5.31. The second kappa shape index (κ2) is 6.27. The number of hydrazine groups is 1. The van der Waals surface area contributed by atoms with Gasteiger partial charge in [-0.05, 0) is 28.4 Å². The summed E-state index contributed by atoms with van der Waals surface area (Å²) in [5, 5.41) is 0. The van der Waals surface area contributed by atoms with Crippen LogP contribution in [0.1, 0.15) is 31.6 Å². The van der Waals surface area contributed by atoms with Gasteiger partial charge in [0.2, 0.25) is 0 Å². The predicted molar refractivity (Wildman–Crippen MR) is 62.2 cm³/mol. The summed E-state index contributed by atoms with van der Waals surface area (Å²) in [7, 11) is 1.68. The maximum absolute atomic E-state index is 5.53. The van der Waals surface area contributed by atoms with E-state index < -0.39 is 0 Å². The third kappa shape index (κ3) is 3.04. The number of halogens is 1. The summed E-state index contributed by atoms with van der Waals surface area (Å²) in [5.41, 5.74) is 2.73. The first kappa shape index (κ1) is 12.7. The molecular formula is C10H17BrN2O2. The van der Waals surface area contributed by atoms with Crippen molar-refractivity contribution in [3.63, 3.8) is 0 Å². The molecule has 1 heterocycles. The highest BCUT2D eigenvalue weighted by molar-refractivity contribution is 9.10. The Hall–Kier alpha value is -0.360. The van der Waals surface area contributed by atoms with Gasteiger partial charge >= 0.3 is 0 Å². The Balaban J connectivity index is 2.82. The summed E-state index contributed by atoms with van der Waals surface area (Å²) in [4.78, 5) is 0. The molecule has 0 fully saturated rings. The summed E-state index contributed by atoms with van der Waals surface area (Å²) in [6.07, 6.45) is 3.61. The van der Waals surface area contributed by atoms with Crippen LogP contribution in [0.5, 0.6) is 0 Å². The van der Waals surface area contributed by atoms with E-state index in [1.54, 1.807) is 13.4 Å². The molecule has 1 aromatic heterocycles. The number of hydrogen-bond acceptors (Lipinski definition) is 4. The fraction of sp³-hybridized carbons (Fsp3) is 0.600. The lowest BCUT2D eigenvalue weighted by molar-refractivity contribution is 0.0534. The Labute approximate surface area is 98.3 Å². The normalized spacial score (nSPS) is 15.2. The van der Waals surface area contributed by atoms with Crippen LogP contribution in [-0.4, -0.2) is 13.2 Å². The second-order valence-corrected chi connectivity index (χ2v) is 4.19. The van der Waals surface area contributed by atoms with Crippen LogP contribution in [-0.2, 0) is 4.74 Å². The van der Waals surface area contributed by atoms with Crippen molar-refractivity contribution in [1.29, 1.82) is 0 Å². The van der Waals surface area contributed by atoms with Crippen LogP contribution in [0.15, 0.2) is 21.2 Å². The van der Waals surface area contributed by atoms with Crippen LogP contribution < -0.4 is 11.3 Å². The van der Waals surface area contributed by atoms with E-state index in [9.17, 15) is 0 Å². The first-order valence-electron chi connectivity index (χ1n) is 4.96. The third-order valence-corrected chi connectivity index (χ3v) is 3.01. The molecule has 0 aliphatic heterocycles. The molecule has 0 spiro atoms. The van der Waals surface area contributed by atoms with Gasteiger partial charge in [-0.15, -0.1) is 0 Å². The lowest BCUT2D eigenvalue weighted by atomic mass is 10.0. The predicted octanol–water partition coefficient (Wildman–Crippen LogP) is 2.36. The fourth-order valence-electron chi connectivity index (χ4n) is 1.58. The highest BCUT2D eigenvalue weighted by atomic mass is 79.9. The van der Waals surface area contributed by atoms with Gasteiger partial charge in [-0.25, -0.2) is 5.43 Å². The topological polar surface area (TPSA) is 60.4 Å². The van der Waals surface area contributed by atoms with Gasteiger partial charge < -0.3 is 9.15 Å². The number of ether oxygens (including phenoxy) is 1. The largest absolute Gasteiger partial charge is 0.466 e. The average Bonchev–Trinajstić information content (AvgIpc) is 2.65. The number of nitrogens with one attached hydrogen (secondary N) is 1. The maximum Gasteiger partial charge on any atom is 0.138 e. The lowest BCUT2D eigenvalue weighted by Gasteiger charge is -2.23. The summed E-state index contributed by atoms with van der Waals surface area (Å²) in [5.74, 6) is 6.30.